The number of aliphatic hydroxyl groups excluding tert-OH is 1. The second-order valence-electron chi connectivity index (χ2n) is 12.9. The van der Waals surface area contributed by atoms with Gasteiger partial charge in [-0.1, -0.05) is 56.9 Å². The predicted molar refractivity (Wildman–Crippen MR) is 150 cm³/mol. The Labute approximate surface area is 229 Å². The van der Waals surface area contributed by atoms with Gasteiger partial charge in [-0.15, -0.1) is 0 Å². The first kappa shape index (κ1) is 27.4. The van der Waals surface area contributed by atoms with Crippen LogP contribution in [0.4, 0.5) is 4.79 Å². The summed E-state index contributed by atoms with van der Waals surface area (Å²) in [6.45, 7) is 7.97. The number of carbonyl (C=O) groups is 2. The number of carbonyl (C=O) groups excluding carboxylic acids is 2. The molecular weight excluding hydrogens is 474 g/mol. The zero-order valence-corrected chi connectivity index (χ0v) is 23.8. The van der Waals surface area contributed by atoms with Crippen molar-refractivity contribution < 1.29 is 19.4 Å². The van der Waals surface area contributed by atoms with Gasteiger partial charge in [-0.3, -0.25) is 4.79 Å². The molecule has 4 unspecified atom stereocenters. The van der Waals surface area contributed by atoms with Crippen LogP contribution in [0.15, 0.2) is 29.8 Å². The Kier molecular flexibility index (Phi) is 8.05. The minimum absolute atomic E-state index is 0.0955. The maximum Gasteiger partial charge on any atom is 0.410 e. The summed E-state index contributed by atoms with van der Waals surface area (Å²) in [5.74, 6) is 0.534. The predicted octanol–water partition coefficient (Wildman–Crippen LogP) is 7.36. The molecule has 6 rings (SSSR count). The molecular formula is C33H47NO4. The van der Waals surface area contributed by atoms with Crippen molar-refractivity contribution in [2.45, 2.75) is 122 Å². The molecule has 5 heteroatoms. The minimum atomic E-state index is -0.525. The van der Waals surface area contributed by atoms with E-state index in [-0.39, 0.29) is 23.3 Å². The van der Waals surface area contributed by atoms with Gasteiger partial charge in [0.25, 0.3) is 0 Å². The van der Waals surface area contributed by atoms with Gasteiger partial charge in [0.05, 0.1) is 12.6 Å². The molecule has 5 nitrogen and oxygen atoms in total. The van der Waals surface area contributed by atoms with Crippen molar-refractivity contribution >= 4 is 11.9 Å². The molecule has 3 fully saturated rings. The van der Waals surface area contributed by atoms with E-state index in [9.17, 15) is 14.7 Å². The molecule has 2 saturated carbocycles. The fourth-order valence-electron chi connectivity index (χ4n) is 8.03. The van der Waals surface area contributed by atoms with Crippen LogP contribution in [0.25, 0.3) is 0 Å². The number of hydrogen-bond donors (Lipinski definition) is 1. The largest absolute Gasteiger partial charge is 0.440 e. The van der Waals surface area contributed by atoms with Crippen molar-refractivity contribution in [3.05, 3.63) is 46.5 Å². The van der Waals surface area contributed by atoms with E-state index in [4.69, 9.17) is 4.74 Å². The minimum Gasteiger partial charge on any atom is -0.440 e. The SMILES string of the molecule is CCCN1CC2(CCC3c4ccc(cc4C(=O)C4CCCCC4)CC(O)CCC(C)=CCCC32C)OC1=O. The van der Waals surface area contributed by atoms with Crippen LogP contribution in [0.3, 0.4) is 0 Å². The zero-order valence-electron chi connectivity index (χ0n) is 23.8. The molecule has 1 spiro atoms. The lowest BCUT2D eigenvalue weighted by Gasteiger charge is -2.43. The molecule has 5 aliphatic rings. The maximum absolute atomic E-state index is 14.1. The lowest BCUT2D eigenvalue weighted by atomic mass is 9.64. The lowest BCUT2D eigenvalue weighted by molar-refractivity contribution is -0.0373. The highest BCUT2D eigenvalue weighted by Gasteiger charge is 2.63. The number of allylic oxidation sites excluding steroid dienone is 2. The summed E-state index contributed by atoms with van der Waals surface area (Å²) in [4.78, 5) is 29.0. The Hall–Kier alpha value is -2.14. The van der Waals surface area contributed by atoms with E-state index in [1.807, 2.05) is 4.90 Å². The Bertz CT molecular complexity index is 1070. The number of nitrogens with zero attached hydrogens (tertiary/aromatic N) is 1. The summed E-state index contributed by atoms with van der Waals surface area (Å²) in [6.07, 6.45) is 13.8. The summed E-state index contributed by atoms with van der Waals surface area (Å²) in [5, 5.41) is 10.8. The van der Waals surface area contributed by atoms with Crippen molar-refractivity contribution in [1.82, 2.24) is 4.90 Å². The topological polar surface area (TPSA) is 66.8 Å². The molecule has 1 amide bonds. The van der Waals surface area contributed by atoms with Gasteiger partial charge < -0.3 is 14.7 Å². The number of amides is 1. The second kappa shape index (κ2) is 11.2. The van der Waals surface area contributed by atoms with E-state index in [1.165, 1.54) is 12.0 Å². The van der Waals surface area contributed by atoms with Crippen molar-refractivity contribution in [2.24, 2.45) is 11.3 Å². The number of ether oxygens (including phenoxy) is 1. The molecule has 1 N–H and O–H groups in total. The van der Waals surface area contributed by atoms with Crippen LogP contribution in [-0.2, 0) is 11.2 Å². The quantitative estimate of drug-likeness (QED) is 0.332. The van der Waals surface area contributed by atoms with E-state index in [2.05, 4.69) is 45.0 Å². The maximum atomic E-state index is 14.1. The highest BCUT2D eigenvalue weighted by molar-refractivity contribution is 5.99. The smallest absolute Gasteiger partial charge is 0.410 e. The molecule has 1 aromatic carbocycles. The lowest BCUT2D eigenvalue weighted by Crippen LogP contribution is -2.48. The van der Waals surface area contributed by atoms with Gasteiger partial charge in [-0.05, 0) is 94.2 Å². The number of benzene rings is 1. The van der Waals surface area contributed by atoms with Crippen LogP contribution in [0.1, 0.15) is 125 Å². The molecule has 2 bridgehead atoms. The van der Waals surface area contributed by atoms with Gasteiger partial charge in [-0.25, -0.2) is 4.79 Å². The molecule has 38 heavy (non-hydrogen) atoms. The van der Waals surface area contributed by atoms with Crippen molar-refractivity contribution in [3.63, 3.8) is 0 Å². The molecule has 0 radical (unpaired) electrons. The van der Waals surface area contributed by atoms with Gasteiger partial charge in [0.15, 0.2) is 5.78 Å². The first-order valence-electron chi connectivity index (χ1n) is 15.2. The second-order valence-corrected chi connectivity index (χ2v) is 12.9. The third-order valence-corrected chi connectivity index (χ3v) is 10.4. The van der Waals surface area contributed by atoms with Crippen molar-refractivity contribution in [3.8, 4) is 0 Å². The molecule has 1 aromatic rings. The number of hydrogen-bond acceptors (Lipinski definition) is 4. The number of Topliss-reactive ketones (excluding diaryl/α,β-unsaturated/α-hetero) is 1. The van der Waals surface area contributed by atoms with Gasteiger partial charge in [0.2, 0.25) is 0 Å². The average Bonchev–Trinajstić information content (AvgIpc) is 3.38. The Balaban J connectivity index is 1.59. The Morgan fingerprint density at radius 1 is 1.13 bits per heavy atom. The highest BCUT2D eigenvalue weighted by atomic mass is 16.6. The Morgan fingerprint density at radius 2 is 1.92 bits per heavy atom. The van der Waals surface area contributed by atoms with Gasteiger partial charge in [0, 0.05) is 23.4 Å². The third kappa shape index (κ3) is 5.08. The molecule has 4 atom stereocenters. The summed E-state index contributed by atoms with van der Waals surface area (Å²) < 4.78 is 6.36. The number of fused-ring (bicyclic) bond motifs is 8. The fraction of sp³-hybridized carbons (Fsp3) is 0.697. The van der Waals surface area contributed by atoms with Gasteiger partial charge in [0.1, 0.15) is 5.60 Å². The molecule has 1 saturated heterocycles. The molecule has 208 valence electrons. The van der Waals surface area contributed by atoms with Crippen LogP contribution in [0.2, 0.25) is 0 Å². The number of ketones is 1. The molecule has 1 aliphatic heterocycles. The van der Waals surface area contributed by atoms with E-state index < -0.39 is 11.7 Å². The molecule has 1 heterocycles. The molecule has 4 aliphatic carbocycles. The summed E-state index contributed by atoms with van der Waals surface area (Å²) in [6, 6.07) is 6.44. The first-order chi connectivity index (χ1) is 18.3. The zero-order chi connectivity index (χ0) is 26.9. The van der Waals surface area contributed by atoms with E-state index >= 15 is 0 Å². The Morgan fingerprint density at radius 3 is 2.68 bits per heavy atom. The van der Waals surface area contributed by atoms with E-state index in [0.29, 0.717) is 18.7 Å². The fourth-order valence-corrected chi connectivity index (χ4v) is 8.03. The summed E-state index contributed by atoms with van der Waals surface area (Å²) in [5.41, 5.74) is 3.58. The average molecular weight is 522 g/mol. The van der Waals surface area contributed by atoms with Crippen LogP contribution in [-0.4, -0.2) is 46.7 Å². The number of rotatable bonds is 4. The third-order valence-electron chi connectivity index (χ3n) is 10.4. The van der Waals surface area contributed by atoms with E-state index in [0.717, 1.165) is 93.9 Å². The summed E-state index contributed by atoms with van der Waals surface area (Å²) in [7, 11) is 0. The molecule has 0 aromatic heterocycles. The van der Waals surface area contributed by atoms with Gasteiger partial charge in [-0.2, -0.15) is 0 Å². The van der Waals surface area contributed by atoms with Gasteiger partial charge >= 0.3 is 6.09 Å². The van der Waals surface area contributed by atoms with Crippen molar-refractivity contribution in [1.29, 1.82) is 0 Å². The van der Waals surface area contributed by atoms with Crippen LogP contribution in [0.5, 0.6) is 0 Å². The van der Waals surface area contributed by atoms with E-state index in [1.54, 1.807) is 0 Å². The standard InChI is InChI=1S/C33H47NO4/c1-4-19-34-22-33(38-31(34)37)18-16-29-27-15-13-24(21-28(27)30(36)25-10-6-5-7-11-25)20-26(35)14-12-23(2)9-8-17-32(29,33)3/h9,13,15,21,25-26,29,35H,4-8,10-12,14,16-20,22H2,1-3H3. The van der Waals surface area contributed by atoms with Crippen LogP contribution >= 0.6 is 0 Å². The highest BCUT2D eigenvalue weighted by Crippen LogP contribution is 2.61. The number of aliphatic hydroxyl groups is 1. The normalized spacial score (nSPS) is 32.7. The first-order valence-corrected chi connectivity index (χ1v) is 15.2. The van der Waals surface area contributed by atoms with Crippen LogP contribution < -0.4 is 0 Å². The monoisotopic (exact) mass is 521 g/mol. The van der Waals surface area contributed by atoms with Crippen molar-refractivity contribution in [2.75, 3.05) is 13.1 Å². The van der Waals surface area contributed by atoms with Crippen LogP contribution in [0, 0.1) is 11.3 Å². The summed E-state index contributed by atoms with van der Waals surface area (Å²) >= 11 is 0.